The maximum Gasteiger partial charge on any atom is 0.222 e. The maximum absolute atomic E-state index is 11.7. The van der Waals surface area contributed by atoms with Crippen molar-refractivity contribution >= 4 is 34.5 Å². The van der Waals surface area contributed by atoms with Crippen LogP contribution < -0.4 is 15.8 Å². The highest BCUT2D eigenvalue weighted by Gasteiger charge is 2.20. The molecule has 1 amide bonds. The Labute approximate surface area is 200 Å². The molecule has 33 heavy (non-hydrogen) atoms. The van der Waals surface area contributed by atoms with Crippen molar-refractivity contribution in [2.75, 3.05) is 7.05 Å². The van der Waals surface area contributed by atoms with Crippen molar-refractivity contribution in [3.8, 4) is 22.4 Å². The Morgan fingerprint density at radius 3 is 2.88 bits per heavy atom. The fourth-order valence-electron chi connectivity index (χ4n) is 3.62. The van der Waals surface area contributed by atoms with Crippen molar-refractivity contribution in [2.24, 2.45) is 5.73 Å². The van der Waals surface area contributed by atoms with E-state index in [1.165, 1.54) is 11.3 Å². The number of pyridine rings is 1. The van der Waals surface area contributed by atoms with Crippen molar-refractivity contribution in [3.63, 3.8) is 0 Å². The number of carbonyl (C=O) groups is 1. The Hall–Kier alpha value is -3.38. The van der Waals surface area contributed by atoms with Crippen LogP contribution >= 0.6 is 22.9 Å². The molecule has 3 aromatic heterocycles. The number of nitrogens with two attached hydrogens (primary N) is 1. The van der Waals surface area contributed by atoms with Gasteiger partial charge in [0.25, 0.3) is 0 Å². The summed E-state index contributed by atoms with van der Waals surface area (Å²) < 4.78 is 8.12. The lowest BCUT2D eigenvalue weighted by Gasteiger charge is -2.17. The number of carbonyl (C=O) groups excluding carboxylic acids is 1. The number of benzene rings is 1. The molecule has 0 aliphatic rings. The minimum Gasteiger partial charge on any atom is -0.485 e. The normalized spacial score (nSPS) is 11.9. The van der Waals surface area contributed by atoms with Crippen LogP contribution in [0.5, 0.6) is 5.75 Å². The first kappa shape index (κ1) is 22.8. The smallest absolute Gasteiger partial charge is 0.222 e. The van der Waals surface area contributed by atoms with E-state index in [1.807, 2.05) is 42.6 Å². The molecule has 0 saturated heterocycles. The van der Waals surface area contributed by atoms with E-state index in [0.29, 0.717) is 16.3 Å². The van der Waals surface area contributed by atoms with Crippen molar-refractivity contribution in [1.29, 1.82) is 5.26 Å². The Balaban J connectivity index is 1.69. The molecule has 3 heterocycles. The number of halogens is 1. The van der Waals surface area contributed by atoms with Crippen LogP contribution in [0, 0.1) is 11.3 Å². The fraction of sp³-hybridized carbons (Fsp3) is 0.208. The molecule has 168 valence electrons. The van der Waals surface area contributed by atoms with Crippen LogP contribution in [-0.2, 0) is 17.8 Å². The van der Waals surface area contributed by atoms with Crippen molar-refractivity contribution < 1.29 is 9.53 Å². The number of rotatable bonds is 8. The van der Waals surface area contributed by atoms with Crippen LogP contribution in [0.4, 0.5) is 0 Å². The number of nitriles is 1. The summed E-state index contributed by atoms with van der Waals surface area (Å²) in [5.74, 6) is 0.128. The predicted octanol–water partition coefficient (Wildman–Crippen LogP) is 4.48. The molecule has 0 saturated carbocycles. The molecule has 0 bridgehead atoms. The summed E-state index contributed by atoms with van der Waals surface area (Å²) in [5, 5.41) is 13.0. The second kappa shape index (κ2) is 9.63. The van der Waals surface area contributed by atoms with Gasteiger partial charge in [-0.05, 0) is 37.7 Å². The Bertz CT molecular complexity index is 1370. The second-order valence-corrected chi connectivity index (χ2v) is 9.13. The number of ether oxygens (including phenoxy) is 1. The molecule has 4 rings (SSSR count). The van der Waals surface area contributed by atoms with Gasteiger partial charge in [0.05, 0.1) is 33.6 Å². The van der Waals surface area contributed by atoms with E-state index < -0.39 is 5.91 Å². The predicted molar refractivity (Wildman–Crippen MR) is 129 cm³/mol. The van der Waals surface area contributed by atoms with Gasteiger partial charge in [-0.2, -0.15) is 5.26 Å². The van der Waals surface area contributed by atoms with Crippen LogP contribution in [0.3, 0.4) is 0 Å². The number of hydrogen-bond donors (Lipinski definition) is 2. The average molecular weight is 480 g/mol. The van der Waals surface area contributed by atoms with Crippen molar-refractivity contribution in [1.82, 2.24) is 14.7 Å². The van der Waals surface area contributed by atoms with E-state index >= 15 is 0 Å². The third-order valence-corrected chi connectivity index (χ3v) is 6.65. The molecule has 1 aromatic carbocycles. The lowest BCUT2D eigenvalue weighted by atomic mass is 10.1. The van der Waals surface area contributed by atoms with Crippen LogP contribution in [-0.4, -0.2) is 22.3 Å². The van der Waals surface area contributed by atoms with Gasteiger partial charge in [-0.25, -0.2) is 4.98 Å². The average Bonchev–Trinajstić information content (AvgIpc) is 3.36. The number of hydrogen-bond acceptors (Lipinski definition) is 6. The summed E-state index contributed by atoms with van der Waals surface area (Å²) in [6.45, 7) is 2.64. The quantitative estimate of drug-likeness (QED) is 0.387. The number of aromatic nitrogens is 2. The monoisotopic (exact) mass is 479 g/mol. The topological polar surface area (TPSA) is 105 Å². The van der Waals surface area contributed by atoms with Gasteiger partial charge in [-0.1, -0.05) is 23.7 Å². The number of thiophene rings is 1. The zero-order valence-corrected chi connectivity index (χ0v) is 19.7. The molecular weight excluding hydrogens is 458 g/mol. The SMILES string of the molecule is CNCc1ccc([C@@H](C)Oc2cc(-c3cnc4ccc(C#N)cn34)sc2CC(N)=O)c(Cl)c1. The van der Waals surface area contributed by atoms with E-state index in [1.54, 1.807) is 24.5 Å². The highest BCUT2D eigenvalue weighted by molar-refractivity contribution is 7.15. The third-order valence-electron chi connectivity index (χ3n) is 5.18. The fourth-order valence-corrected chi connectivity index (χ4v) is 5.08. The minimum absolute atomic E-state index is 0.0573. The maximum atomic E-state index is 11.7. The molecule has 0 spiro atoms. The van der Waals surface area contributed by atoms with E-state index in [0.717, 1.165) is 38.8 Å². The second-order valence-electron chi connectivity index (χ2n) is 7.59. The first-order chi connectivity index (χ1) is 15.9. The third kappa shape index (κ3) is 4.86. The van der Waals surface area contributed by atoms with Crippen LogP contribution in [0.15, 0.2) is 48.8 Å². The molecule has 0 radical (unpaired) electrons. The van der Waals surface area contributed by atoms with Crippen LogP contribution in [0.1, 0.15) is 34.6 Å². The highest BCUT2D eigenvalue weighted by Crippen LogP contribution is 2.39. The zero-order valence-electron chi connectivity index (χ0n) is 18.1. The van der Waals surface area contributed by atoms with Gasteiger partial charge in [0, 0.05) is 29.4 Å². The Morgan fingerprint density at radius 2 is 2.18 bits per heavy atom. The molecule has 4 aromatic rings. The van der Waals surface area contributed by atoms with Crippen LogP contribution in [0.25, 0.3) is 16.2 Å². The van der Waals surface area contributed by atoms with Crippen molar-refractivity contribution in [3.05, 3.63) is 75.4 Å². The molecule has 0 fully saturated rings. The van der Waals surface area contributed by atoms with E-state index in [4.69, 9.17) is 22.1 Å². The summed E-state index contributed by atoms with van der Waals surface area (Å²) in [4.78, 5) is 17.7. The van der Waals surface area contributed by atoms with Gasteiger partial charge in [0.2, 0.25) is 5.91 Å². The summed E-state index contributed by atoms with van der Waals surface area (Å²) in [6, 6.07) is 13.4. The van der Waals surface area contributed by atoms with Gasteiger partial charge in [0.1, 0.15) is 23.6 Å². The molecule has 0 unspecified atom stereocenters. The van der Waals surface area contributed by atoms with E-state index in [2.05, 4.69) is 16.4 Å². The summed E-state index contributed by atoms with van der Waals surface area (Å²) in [5.41, 5.74) is 9.47. The summed E-state index contributed by atoms with van der Waals surface area (Å²) >= 11 is 7.93. The van der Waals surface area contributed by atoms with Gasteiger partial charge < -0.3 is 15.8 Å². The molecule has 9 heteroatoms. The Kier molecular flexibility index (Phi) is 6.65. The molecule has 0 aliphatic heterocycles. The van der Waals surface area contributed by atoms with Gasteiger partial charge in [-0.3, -0.25) is 9.20 Å². The molecule has 1 atom stereocenters. The van der Waals surface area contributed by atoms with E-state index in [-0.39, 0.29) is 12.5 Å². The van der Waals surface area contributed by atoms with E-state index in [9.17, 15) is 10.1 Å². The van der Waals surface area contributed by atoms with Gasteiger partial charge in [0.15, 0.2) is 0 Å². The number of primary amides is 1. The lowest BCUT2D eigenvalue weighted by molar-refractivity contribution is -0.117. The number of nitrogens with zero attached hydrogens (tertiary/aromatic N) is 3. The molecular formula is C24H22ClN5O2S. The van der Waals surface area contributed by atoms with Gasteiger partial charge in [-0.15, -0.1) is 11.3 Å². The first-order valence-electron chi connectivity index (χ1n) is 10.3. The number of nitrogens with one attached hydrogen (secondary N) is 1. The highest BCUT2D eigenvalue weighted by atomic mass is 35.5. The van der Waals surface area contributed by atoms with Crippen LogP contribution in [0.2, 0.25) is 5.02 Å². The lowest BCUT2D eigenvalue weighted by Crippen LogP contribution is -2.14. The largest absolute Gasteiger partial charge is 0.485 e. The first-order valence-corrected chi connectivity index (χ1v) is 11.5. The zero-order chi connectivity index (χ0) is 23.5. The summed E-state index contributed by atoms with van der Waals surface area (Å²) in [7, 11) is 1.88. The number of fused-ring (bicyclic) bond motifs is 1. The number of amides is 1. The molecule has 7 nitrogen and oxygen atoms in total. The Morgan fingerprint density at radius 1 is 1.36 bits per heavy atom. The molecule has 0 aliphatic carbocycles. The number of imidazole rings is 1. The molecule has 3 N–H and O–H groups in total. The summed E-state index contributed by atoms with van der Waals surface area (Å²) in [6.07, 6.45) is 3.19. The van der Waals surface area contributed by atoms with Gasteiger partial charge >= 0.3 is 0 Å². The standard InChI is InChI=1S/C24H22ClN5O2S/c1-14(17-5-3-15(11-28-2)7-18(17)25)32-20-8-21(33-22(20)9-23(27)31)19-12-29-24-6-4-16(10-26)13-30(19)24/h3-8,12-14,28H,9,11H2,1-2H3,(H2,27,31)/t14-/m1/s1. The van der Waals surface area contributed by atoms with Crippen molar-refractivity contribution in [2.45, 2.75) is 26.0 Å². The minimum atomic E-state index is -0.444.